The highest BCUT2D eigenvalue weighted by Crippen LogP contribution is 2.33. The lowest BCUT2D eigenvalue weighted by atomic mass is 9.90. The predicted molar refractivity (Wildman–Crippen MR) is 137 cm³/mol. The second-order valence-electron chi connectivity index (χ2n) is 9.44. The van der Waals surface area contributed by atoms with Gasteiger partial charge in [0.15, 0.2) is 5.79 Å². The van der Waals surface area contributed by atoms with Crippen LogP contribution in [0.3, 0.4) is 0 Å². The molecule has 1 fully saturated rings. The van der Waals surface area contributed by atoms with Gasteiger partial charge in [-0.25, -0.2) is 9.59 Å². The van der Waals surface area contributed by atoms with Crippen molar-refractivity contribution in [3.63, 3.8) is 0 Å². The molecule has 2 aromatic rings. The fourth-order valence-corrected chi connectivity index (χ4v) is 3.60. The number of carbonyl (C=O) groups excluding carboxylic acids is 2. The first-order valence-electron chi connectivity index (χ1n) is 11.9. The van der Waals surface area contributed by atoms with Crippen molar-refractivity contribution in [2.75, 3.05) is 26.4 Å². The van der Waals surface area contributed by atoms with E-state index < -0.39 is 23.1 Å². The van der Waals surface area contributed by atoms with Crippen molar-refractivity contribution >= 4 is 11.9 Å². The van der Waals surface area contributed by atoms with Crippen LogP contribution < -0.4 is 9.47 Å². The van der Waals surface area contributed by atoms with Gasteiger partial charge in [-0.05, 0) is 68.1 Å². The minimum atomic E-state index is -0.707. The second kappa shape index (κ2) is 11.5. The largest absolute Gasteiger partial charge is 0.493 e. The predicted octanol–water partition coefficient (Wildman–Crippen LogP) is 5.27. The molecule has 0 aromatic heterocycles. The van der Waals surface area contributed by atoms with Crippen molar-refractivity contribution in [3.8, 4) is 22.6 Å². The zero-order chi connectivity index (χ0) is 26.3. The highest BCUT2D eigenvalue weighted by Gasteiger charge is 2.42. The lowest BCUT2D eigenvalue weighted by molar-refractivity contribution is -0.294. The van der Waals surface area contributed by atoms with Gasteiger partial charge in [0.25, 0.3) is 0 Å². The number of benzene rings is 2. The average Bonchev–Trinajstić information content (AvgIpc) is 2.87. The third-order valence-electron chi connectivity index (χ3n) is 5.87. The fraction of sp³-hybridized carbons (Fsp3) is 0.379. The summed E-state index contributed by atoms with van der Waals surface area (Å²) < 4.78 is 28.5. The summed E-state index contributed by atoms with van der Waals surface area (Å²) in [5.74, 6) is -0.499. The van der Waals surface area contributed by atoms with Crippen molar-refractivity contribution in [3.05, 3.63) is 72.8 Å². The van der Waals surface area contributed by atoms with E-state index in [2.05, 4.69) is 20.1 Å². The number of carbonyl (C=O) groups is 2. The van der Waals surface area contributed by atoms with Gasteiger partial charge in [-0.3, -0.25) is 0 Å². The van der Waals surface area contributed by atoms with E-state index in [-0.39, 0.29) is 13.2 Å². The molecule has 1 heterocycles. The molecule has 0 saturated carbocycles. The molecule has 0 radical (unpaired) electrons. The van der Waals surface area contributed by atoms with Gasteiger partial charge in [-0.15, -0.1) is 0 Å². The van der Waals surface area contributed by atoms with Crippen molar-refractivity contribution in [1.29, 1.82) is 0 Å². The van der Waals surface area contributed by atoms with E-state index in [4.69, 9.17) is 23.7 Å². The van der Waals surface area contributed by atoms with Gasteiger partial charge in [0, 0.05) is 11.6 Å². The van der Waals surface area contributed by atoms with Crippen LogP contribution in [0.1, 0.15) is 33.3 Å². The third-order valence-corrected chi connectivity index (χ3v) is 5.87. The summed E-state index contributed by atoms with van der Waals surface area (Å²) in [6.45, 7) is 15.4. The lowest BCUT2D eigenvalue weighted by Crippen LogP contribution is -2.52. The van der Waals surface area contributed by atoms with E-state index in [1.54, 1.807) is 19.1 Å². The first-order valence-corrected chi connectivity index (χ1v) is 11.9. The zero-order valence-corrected chi connectivity index (χ0v) is 21.4. The van der Waals surface area contributed by atoms with Crippen LogP contribution in [0.4, 0.5) is 0 Å². The minimum absolute atomic E-state index is 0.0922. The number of ether oxygens (including phenoxy) is 5. The maximum absolute atomic E-state index is 11.7. The van der Waals surface area contributed by atoms with E-state index >= 15 is 0 Å². The Kier molecular flexibility index (Phi) is 8.71. The average molecular weight is 495 g/mol. The lowest BCUT2D eigenvalue weighted by Gasteiger charge is -2.42. The van der Waals surface area contributed by atoms with Gasteiger partial charge in [0.1, 0.15) is 24.7 Å². The molecular formula is C29H34O7. The smallest absolute Gasteiger partial charge is 0.338 e. The molecule has 3 rings (SSSR count). The molecule has 0 bridgehead atoms. The monoisotopic (exact) mass is 494 g/mol. The van der Waals surface area contributed by atoms with Crippen LogP contribution in [0.25, 0.3) is 11.1 Å². The minimum Gasteiger partial charge on any atom is -0.493 e. The molecule has 0 aliphatic carbocycles. The molecule has 0 amide bonds. The van der Waals surface area contributed by atoms with Gasteiger partial charge >= 0.3 is 11.9 Å². The maximum Gasteiger partial charge on any atom is 0.338 e. The summed E-state index contributed by atoms with van der Waals surface area (Å²) in [7, 11) is 0. The number of hydrogen-bond donors (Lipinski definition) is 0. The van der Waals surface area contributed by atoms with E-state index in [1.807, 2.05) is 44.2 Å². The highest BCUT2D eigenvalue weighted by atomic mass is 16.7. The summed E-state index contributed by atoms with van der Waals surface area (Å²) in [6, 6.07) is 13.3. The molecule has 36 heavy (non-hydrogen) atoms. The van der Waals surface area contributed by atoms with E-state index in [9.17, 15) is 9.59 Å². The van der Waals surface area contributed by atoms with Crippen LogP contribution in [-0.4, -0.2) is 44.2 Å². The Labute approximate surface area is 212 Å². The molecule has 0 spiro atoms. The third kappa shape index (κ3) is 7.06. The molecule has 0 atom stereocenters. The summed E-state index contributed by atoms with van der Waals surface area (Å²) in [6.07, 6.45) is 1.92. The Morgan fingerprint density at radius 2 is 1.67 bits per heavy atom. The molecule has 7 heteroatoms. The molecular weight excluding hydrogens is 460 g/mol. The van der Waals surface area contributed by atoms with Crippen LogP contribution >= 0.6 is 0 Å². The summed E-state index contributed by atoms with van der Waals surface area (Å²) in [5.41, 5.74) is 2.86. The van der Waals surface area contributed by atoms with Crippen molar-refractivity contribution in [2.45, 2.75) is 39.9 Å². The normalized spacial score (nSPS) is 16.0. The molecule has 2 aromatic carbocycles. The van der Waals surface area contributed by atoms with Crippen molar-refractivity contribution in [2.24, 2.45) is 5.41 Å². The van der Waals surface area contributed by atoms with Gasteiger partial charge in [-0.1, -0.05) is 38.3 Å². The Balaban J connectivity index is 1.73. The molecule has 0 unspecified atom stereocenters. The molecule has 1 saturated heterocycles. The molecule has 1 aliphatic heterocycles. The Bertz CT molecular complexity index is 1100. The quantitative estimate of drug-likeness (QED) is 0.253. The summed E-state index contributed by atoms with van der Waals surface area (Å²) >= 11 is 0. The molecule has 0 N–H and O–H groups in total. The molecule has 1 aliphatic rings. The number of rotatable bonds is 10. The van der Waals surface area contributed by atoms with Crippen LogP contribution in [0, 0.1) is 5.41 Å². The Hall–Kier alpha value is -3.42. The van der Waals surface area contributed by atoms with Gasteiger partial charge in [0.05, 0.1) is 18.6 Å². The first-order chi connectivity index (χ1) is 17.1. The van der Waals surface area contributed by atoms with E-state index in [1.165, 1.54) is 0 Å². The number of hydrogen-bond acceptors (Lipinski definition) is 7. The van der Waals surface area contributed by atoms with Crippen LogP contribution in [0.2, 0.25) is 0 Å². The summed E-state index contributed by atoms with van der Waals surface area (Å²) in [4.78, 5) is 23.4. The number of aryl methyl sites for hydroxylation is 1. The van der Waals surface area contributed by atoms with Crippen molar-refractivity contribution < 1.29 is 33.3 Å². The van der Waals surface area contributed by atoms with Crippen LogP contribution in [-0.2, 0) is 30.2 Å². The van der Waals surface area contributed by atoms with E-state index in [0.717, 1.165) is 29.2 Å². The Morgan fingerprint density at radius 3 is 2.25 bits per heavy atom. The topological polar surface area (TPSA) is 80.3 Å². The zero-order valence-electron chi connectivity index (χ0n) is 21.4. The maximum atomic E-state index is 11.7. The standard InChI is InChI=1S/C29H34O7/c1-7-21-15-24(13-14-25(21)22-9-11-23(12-10-22)36-27(31)20(3)4)32-16-29(17-33-26(30)8-2)18-34-28(5,6)35-19-29/h8-15H,2-3,7,16-19H2,1,4-6H3. The Morgan fingerprint density at radius 1 is 1.03 bits per heavy atom. The number of esters is 2. The second-order valence-corrected chi connectivity index (χ2v) is 9.44. The molecule has 192 valence electrons. The van der Waals surface area contributed by atoms with E-state index in [0.29, 0.717) is 30.3 Å². The van der Waals surface area contributed by atoms with Crippen LogP contribution in [0.5, 0.6) is 11.5 Å². The van der Waals surface area contributed by atoms with Crippen LogP contribution in [0.15, 0.2) is 67.3 Å². The van der Waals surface area contributed by atoms with Gasteiger partial charge < -0.3 is 23.7 Å². The first kappa shape index (κ1) is 27.2. The molecule has 7 nitrogen and oxygen atoms in total. The van der Waals surface area contributed by atoms with Gasteiger partial charge in [-0.2, -0.15) is 0 Å². The fourth-order valence-electron chi connectivity index (χ4n) is 3.60. The van der Waals surface area contributed by atoms with Crippen molar-refractivity contribution in [1.82, 2.24) is 0 Å². The van der Waals surface area contributed by atoms with Gasteiger partial charge in [0.2, 0.25) is 0 Å². The highest BCUT2D eigenvalue weighted by molar-refractivity contribution is 5.88. The SMILES string of the molecule is C=CC(=O)OCC1(COc2ccc(-c3ccc(OC(=O)C(=C)C)cc3)c(CC)c2)COC(C)(C)OC1. The summed E-state index contributed by atoms with van der Waals surface area (Å²) in [5, 5.41) is 0.